The molecule has 1 N–H and O–H groups in total. The molecular weight excluding hydrogens is 244 g/mol. The zero-order chi connectivity index (χ0) is 14.5. The van der Waals surface area contributed by atoms with Gasteiger partial charge in [0, 0.05) is 18.1 Å². The van der Waals surface area contributed by atoms with E-state index in [1.807, 2.05) is 0 Å². The maximum atomic E-state index is 3.88. The molecule has 0 aromatic carbocycles. The normalized spacial score (nSPS) is 34.6. The summed E-state index contributed by atoms with van der Waals surface area (Å²) in [4.78, 5) is 2.90. The zero-order valence-electron chi connectivity index (χ0n) is 14.2. The van der Waals surface area contributed by atoms with Gasteiger partial charge >= 0.3 is 0 Å². The molecule has 2 aliphatic carbocycles. The van der Waals surface area contributed by atoms with Crippen LogP contribution in [0.15, 0.2) is 0 Å². The minimum Gasteiger partial charge on any atom is -0.312 e. The molecule has 0 saturated heterocycles. The standard InChI is InChI=1S/C18H36N2/c1-5-7-11-20(16-8-9-16)18-15(4)12-14(3)13-17(18)19-10-6-2/h14-19H,5-13H2,1-4H3. The van der Waals surface area contributed by atoms with Crippen molar-refractivity contribution in [2.75, 3.05) is 13.1 Å². The van der Waals surface area contributed by atoms with Crippen LogP contribution in [-0.4, -0.2) is 36.1 Å². The Kier molecular flexibility index (Phi) is 6.35. The third kappa shape index (κ3) is 4.21. The van der Waals surface area contributed by atoms with Crippen LogP contribution in [0.1, 0.15) is 72.6 Å². The van der Waals surface area contributed by atoms with Gasteiger partial charge in [-0.05, 0) is 63.5 Å². The van der Waals surface area contributed by atoms with Gasteiger partial charge in [0.15, 0.2) is 0 Å². The van der Waals surface area contributed by atoms with Crippen molar-refractivity contribution < 1.29 is 0 Å². The van der Waals surface area contributed by atoms with Crippen molar-refractivity contribution in [1.29, 1.82) is 0 Å². The van der Waals surface area contributed by atoms with Gasteiger partial charge in [0.05, 0.1) is 0 Å². The van der Waals surface area contributed by atoms with Crippen LogP contribution in [0.2, 0.25) is 0 Å². The lowest BCUT2D eigenvalue weighted by Gasteiger charge is -2.46. The third-order valence-electron chi connectivity index (χ3n) is 5.25. The first kappa shape index (κ1) is 16.3. The Morgan fingerprint density at radius 2 is 1.80 bits per heavy atom. The summed E-state index contributed by atoms with van der Waals surface area (Å²) in [5.74, 6) is 1.74. The maximum Gasteiger partial charge on any atom is 0.0278 e. The molecule has 2 saturated carbocycles. The molecule has 0 bridgehead atoms. The smallest absolute Gasteiger partial charge is 0.0278 e. The van der Waals surface area contributed by atoms with Crippen LogP contribution in [0.25, 0.3) is 0 Å². The topological polar surface area (TPSA) is 15.3 Å². The minimum absolute atomic E-state index is 0.728. The molecule has 0 aromatic rings. The lowest BCUT2D eigenvalue weighted by Crippen LogP contribution is -2.57. The van der Waals surface area contributed by atoms with Crippen LogP contribution >= 0.6 is 0 Å². The van der Waals surface area contributed by atoms with Gasteiger partial charge in [-0.1, -0.05) is 34.1 Å². The molecule has 2 heteroatoms. The predicted octanol–water partition coefficient (Wildman–Crippen LogP) is 4.05. The number of unbranched alkanes of at least 4 members (excludes halogenated alkanes) is 1. The van der Waals surface area contributed by atoms with Crippen LogP contribution < -0.4 is 5.32 Å². The van der Waals surface area contributed by atoms with E-state index in [1.165, 1.54) is 58.0 Å². The Morgan fingerprint density at radius 3 is 2.40 bits per heavy atom. The molecule has 0 radical (unpaired) electrons. The highest BCUT2D eigenvalue weighted by atomic mass is 15.2. The van der Waals surface area contributed by atoms with E-state index in [4.69, 9.17) is 0 Å². The van der Waals surface area contributed by atoms with Gasteiger partial charge in [-0.2, -0.15) is 0 Å². The van der Waals surface area contributed by atoms with Gasteiger partial charge in [-0.3, -0.25) is 4.90 Å². The fourth-order valence-corrected chi connectivity index (χ4v) is 4.25. The number of hydrogen-bond donors (Lipinski definition) is 1. The van der Waals surface area contributed by atoms with E-state index < -0.39 is 0 Å². The molecule has 0 aromatic heterocycles. The van der Waals surface area contributed by atoms with Crippen LogP contribution in [0.4, 0.5) is 0 Å². The lowest BCUT2D eigenvalue weighted by molar-refractivity contribution is 0.0540. The Bertz CT molecular complexity index is 275. The highest BCUT2D eigenvalue weighted by molar-refractivity contribution is 4.99. The molecule has 0 aliphatic heterocycles. The Balaban J connectivity index is 2.04. The molecule has 4 unspecified atom stereocenters. The Labute approximate surface area is 126 Å². The van der Waals surface area contributed by atoms with Crippen LogP contribution in [0, 0.1) is 11.8 Å². The van der Waals surface area contributed by atoms with Crippen molar-refractivity contribution in [2.45, 2.75) is 90.8 Å². The Morgan fingerprint density at radius 1 is 1.05 bits per heavy atom. The monoisotopic (exact) mass is 280 g/mol. The van der Waals surface area contributed by atoms with Crippen LogP contribution in [-0.2, 0) is 0 Å². The summed E-state index contributed by atoms with van der Waals surface area (Å²) in [6.45, 7) is 12.1. The van der Waals surface area contributed by atoms with E-state index in [1.54, 1.807) is 0 Å². The van der Waals surface area contributed by atoms with E-state index in [0.717, 1.165) is 30.0 Å². The number of nitrogens with zero attached hydrogens (tertiary/aromatic N) is 1. The minimum atomic E-state index is 0.728. The molecule has 2 nitrogen and oxygen atoms in total. The summed E-state index contributed by atoms with van der Waals surface area (Å²) >= 11 is 0. The molecule has 2 rings (SSSR count). The van der Waals surface area contributed by atoms with Crippen molar-refractivity contribution in [3.8, 4) is 0 Å². The van der Waals surface area contributed by atoms with Gasteiger partial charge in [-0.25, -0.2) is 0 Å². The fraction of sp³-hybridized carbons (Fsp3) is 1.00. The number of nitrogens with one attached hydrogen (secondary N) is 1. The predicted molar refractivity (Wildman–Crippen MR) is 88.1 cm³/mol. The highest BCUT2D eigenvalue weighted by Gasteiger charge is 2.42. The molecule has 0 heterocycles. The van der Waals surface area contributed by atoms with E-state index in [9.17, 15) is 0 Å². The molecule has 0 amide bonds. The second kappa shape index (κ2) is 7.79. The van der Waals surface area contributed by atoms with Crippen LogP contribution in [0.5, 0.6) is 0 Å². The molecule has 20 heavy (non-hydrogen) atoms. The first-order chi connectivity index (χ1) is 9.67. The average Bonchev–Trinajstić information content (AvgIpc) is 3.23. The van der Waals surface area contributed by atoms with E-state index in [2.05, 4.69) is 37.9 Å². The number of rotatable bonds is 8. The summed E-state index contributed by atoms with van der Waals surface area (Å²) in [7, 11) is 0. The summed E-state index contributed by atoms with van der Waals surface area (Å²) < 4.78 is 0. The van der Waals surface area contributed by atoms with Crippen molar-refractivity contribution in [2.24, 2.45) is 11.8 Å². The van der Waals surface area contributed by atoms with Crippen molar-refractivity contribution in [3.05, 3.63) is 0 Å². The molecule has 0 spiro atoms. The zero-order valence-corrected chi connectivity index (χ0v) is 14.2. The van der Waals surface area contributed by atoms with Gasteiger partial charge in [0.2, 0.25) is 0 Å². The molecule has 2 aliphatic rings. The first-order valence-electron chi connectivity index (χ1n) is 9.16. The van der Waals surface area contributed by atoms with Crippen molar-refractivity contribution >= 4 is 0 Å². The largest absolute Gasteiger partial charge is 0.312 e. The second-order valence-corrected chi connectivity index (χ2v) is 7.43. The quantitative estimate of drug-likeness (QED) is 0.721. The van der Waals surface area contributed by atoms with E-state index in [0.29, 0.717) is 0 Å². The molecule has 4 atom stereocenters. The summed E-state index contributed by atoms with van der Waals surface area (Å²) in [5, 5.41) is 3.88. The van der Waals surface area contributed by atoms with Crippen LogP contribution in [0.3, 0.4) is 0 Å². The van der Waals surface area contributed by atoms with Gasteiger partial charge in [-0.15, -0.1) is 0 Å². The lowest BCUT2D eigenvalue weighted by atomic mass is 9.75. The SMILES string of the molecule is CCCCN(C1CC1)C1C(C)CC(C)CC1NCCC. The fourth-order valence-electron chi connectivity index (χ4n) is 4.25. The van der Waals surface area contributed by atoms with Gasteiger partial charge < -0.3 is 5.32 Å². The molecule has 118 valence electrons. The maximum absolute atomic E-state index is 3.88. The van der Waals surface area contributed by atoms with E-state index in [-0.39, 0.29) is 0 Å². The van der Waals surface area contributed by atoms with Gasteiger partial charge in [0.25, 0.3) is 0 Å². The number of hydrogen-bond acceptors (Lipinski definition) is 2. The van der Waals surface area contributed by atoms with Crippen molar-refractivity contribution in [3.63, 3.8) is 0 Å². The third-order valence-corrected chi connectivity index (χ3v) is 5.25. The van der Waals surface area contributed by atoms with E-state index >= 15 is 0 Å². The average molecular weight is 280 g/mol. The second-order valence-electron chi connectivity index (χ2n) is 7.43. The molecular formula is C18H36N2. The highest BCUT2D eigenvalue weighted by Crippen LogP contribution is 2.38. The molecule has 2 fully saturated rings. The first-order valence-corrected chi connectivity index (χ1v) is 9.16. The van der Waals surface area contributed by atoms with Gasteiger partial charge in [0.1, 0.15) is 0 Å². The summed E-state index contributed by atoms with van der Waals surface area (Å²) in [5.41, 5.74) is 0. The Hall–Kier alpha value is -0.0800. The van der Waals surface area contributed by atoms with Crippen molar-refractivity contribution in [1.82, 2.24) is 10.2 Å². The summed E-state index contributed by atoms with van der Waals surface area (Å²) in [6, 6.07) is 2.43. The summed E-state index contributed by atoms with van der Waals surface area (Å²) in [6.07, 6.45) is 9.65.